The van der Waals surface area contributed by atoms with Crippen LogP contribution in [0.1, 0.15) is 19.4 Å². The fourth-order valence-corrected chi connectivity index (χ4v) is 2.82. The number of hydrogen-bond acceptors (Lipinski definition) is 4. The molecule has 0 amide bonds. The van der Waals surface area contributed by atoms with Gasteiger partial charge in [0.05, 0.1) is 17.2 Å². The van der Waals surface area contributed by atoms with Gasteiger partial charge in [0.2, 0.25) is 0 Å². The SMILES string of the molecule is COc1ccc(CC(C)(C)NCC(O)COc2ccc(Cl)c(Cl)c2)cc1.Cl. The average Bonchev–Trinajstić information content (AvgIpc) is 2.61. The van der Waals surface area contributed by atoms with Gasteiger partial charge in [0.15, 0.2) is 0 Å². The maximum absolute atomic E-state index is 10.2. The van der Waals surface area contributed by atoms with Crippen LogP contribution in [0.3, 0.4) is 0 Å². The van der Waals surface area contributed by atoms with Gasteiger partial charge in [0.25, 0.3) is 0 Å². The summed E-state index contributed by atoms with van der Waals surface area (Å²) >= 11 is 11.8. The molecule has 0 aliphatic rings. The maximum Gasteiger partial charge on any atom is 0.121 e. The fourth-order valence-electron chi connectivity index (χ4n) is 2.53. The molecule has 0 aromatic heterocycles. The molecule has 0 aliphatic carbocycles. The minimum absolute atomic E-state index is 0. The van der Waals surface area contributed by atoms with Crippen molar-refractivity contribution in [2.75, 3.05) is 20.3 Å². The Bertz CT molecular complexity index is 708. The molecule has 0 fully saturated rings. The molecule has 150 valence electrons. The van der Waals surface area contributed by atoms with Crippen LogP contribution in [0.25, 0.3) is 0 Å². The topological polar surface area (TPSA) is 50.7 Å². The molecule has 7 heteroatoms. The van der Waals surface area contributed by atoms with Crippen molar-refractivity contribution in [3.05, 3.63) is 58.1 Å². The highest BCUT2D eigenvalue weighted by atomic mass is 35.5. The molecule has 27 heavy (non-hydrogen) atoms. The van der Waals surface area contributed by atoms with Crippen molar-refractivity contribution < 1.29 is 14.6 Å². The van der Waals surface area contributed by atoms with Gasteiger partial charge in [-0.05, 0) is 50.1 Å². The van der Waals surface area contributed by atoms with Crippen LogP contribution in [0.4, 0.5) is 0 Å². The largest absolute Gasteiger partial charge is 0.497 e. The van der Waals surface area contributed by atoms with E-state index in [2.05, 4.69) is 19.2 Å². The monoisotopic (exact) mass is 433 g/mol. The van der Waals surface area contributed by atoms with Crippen molar-refractivity contribution in [2.45, 2.75) is 31.9 Å². The van der Waals surface area contributed by atoms with Gasteiger partial charge in [0.1, 0.15) is 24.2 Å². The molecule has 0 radical (unpaired) electrons. The van der Waals surface area contributed by atoms with E-state index in [-0.39, 0.29) is 24.6 Å². The third-order valence-electron chi connectivity index (χ3n) is 3.95. The van der Waals surface area contributed by atoms with Crippen LogP contribution in [-0.2, 0) is 6.42 Å². The molecular weight excluding hydrogens is 409 g/mol. The van der Waals surface area contributed by atoms with Gasteiger partial charge in [-0.2, -0.15) is 0 Å². The molecule has 0 heterocycles. The second-order valence-electron chi connectivity index (χ2n) is 6.83. The second-order valence-corrected chi connectivity index (χ2v) is 7.64. The zero-order chi connectivity index (χ0) is 19.2. The number of hydrogen-bond donors (Lipinski definition) is 2. The fraction of sp³-hybridized carbons (Fsp3) is 0.400. The number of nitrogens with one attached hydrogen (secondary N) is 1. The van der Waals surface area contributed by atoms with Crippen LogP contribution < -0.4 is 14.8 Å². The van der Waals surface area contributed by atoms with E-state index in [0.717, 1.165) is 12.2 Å². The number of aliphatic hydroxyl groups is 1. The number of halogens is 3. The lowest BCUT2D eigenvalue weighted by molar-refractivity contribution is 0.0988. The molecule has 1 unspecified atom stereocenters. The summed E-state index contributed by atoms with van der Waals surface area (Å²) in [6.45, 7) is 4.79. The van der Waals surface area contributed by atoms with Gasteiger partial charge < -0.3 is 19.9 Å². The summed E-state index contributed by atoms with van der Waals surface area (Å²) in [4.78, 5) is 0. The lowest BCUT2D eigenvalue weighted by Crippen LogP contribution is -2.46. The lowest BCUT2D eigenvalue weighted by atomic mass is 9.94. The van der Waals surface area contributed by atoms with E-state index in [0.29, 0.717) is 22.3 Å². The molecule has 0 saturated heterocycles. The summed E-state index contributed by atoms with van der Waals surface area (Å²) in [5.41, 5.74) is 1.03. The Balaban J connectivity index is 0.00000364. The minimum Gasteiger partial charge on any atom is -0.497 e. The van der Waals surface area contributed by atoms with Crippen molar-refractivity contribution in [2.24, 2.45) is 0 Å². The molecule has 2 rings (SSSR count). The minimum atomic E-state index is -0.639. The lowest BCUT2D eigenvalue weighted by Gasteiger charge is -2.28. The number of methoxy groups -OCH3 is 1. The van der Waals surface area contributed by atoms with Crippen molar-refractivity contribution in [3.8, 4) is 11.5 Å². The Hall–Kier alpha value is -1.17. The van der Waals surface area contributed by atoms with Crippen molar-refractivity contribution >= 4 is 35.6 Å². The number of benzene rings is 2. The predicted octanol–water partition coefficient (Wildman–Crippen LogP) is 4.77. The average molecular weight is 435 g/mol. The van der Waals surface area contributed by atoms with Gasteiger partial charge in [0, 0.05) is 18.2 Å². The molecule has 1 atom stereocenters. The first kappa shape index (κ1) is 23.9. The number of ether oxygens (including phenoxy) is 2. The zero-order valence-corrected chi connectivity index (χ0v) is 18.0. The third kappa shape index (κ3) is 8.16. The molecule has 2 aromatic rings. The highest BCUT2D eigenvalue weighted by Gasteiger charge is 2.19. The van der Waals surface area contributed by atoms with Crippen LogP contribution in [0.5, 0.6) is 11.5 Å². The molecule has 4 nitrogen and oxygen atoms in total. The summed E-state index contributed by atoms with van der Waals surface area (Å²) in [5.74, 6) is 1.42. The third-order valence-corrected chi connectivity index (χ3v) is 4.69. The smallest absolute Gasteiger partial charge is 0.121 e. The van der Waals surface area contributed by atoms with E-state index in [4.69, 9.17) is 32.7 Å². The Labute approximate surface area is 177 Å². The molecule has 0 spiro atoms. The maximum atomic E-state index is 10.2. The summed E-state index contributed by atoms with van der Waals surface area (Å²) in [7, 11) is 1.65. The molecule has 2 aromatic carbocycles. The van der Waals surface area contributed by atoms with E-state index >= 15 is 0 Å². The van der Waals surface area contributed by atoms with Gasteiger partial charge >= 0.3 is 0 Å². The highest BCUT2D eigenvalue weighted by Crippen LogP contribution is 2.26. The van der Waals surface area contributed by atoms with E-state index in [1.54, 1.807) is 25.3 Å². The quantitative estimate of drug-likeness (QED) is 0.596. The molecule has 0 bridgehead atoms. The molecule has 0 aliphatic heterocycles. The van der Waals surface area contributed by atoms with Crippen molar-refractivity contribution in [3.63, 3.8) is 0 Å². The van der Waals surface area contributed by atoms with Crippen LogP contribution >= 0.6 is 35.6 Å². The summed E-state index contributed by atoms with van der Waals surface area (Å²) in [5, 5.41) is 14.5. The van der Waals surface area contributed by atoms with E-state index < -0.39 is 6.10 Å². The Kier molecular flexibility index (Phi) is 9.71. The summed E-state index contributed by atoms with van der Waals surface area (Å²) < 4.78 is 10.7. The number of aliphatic hydroxyl groups excluding tert-OH is 1. The summed E-state index contributed by atoms with van der Waals surface area (Å²) in [6, 6.07) is 13.0. The number of β-amino-alcohol motifs (C(OH)–C–C–N with tert-alkyl or cyclic N) is 1. The van der Waals surface area contributed by atoms with Gasteiger partial charge in [-0.25, -0.2) is 0 Å². The second kappa shape index (κ2) is 11.0. The van der Waals surface area contributed by atoms with Crippen LogP contribution in [0.2, 0.25) is 10.0 Å². The Morgan fingerprint density at radius 1 is 1.04 bits per heavy atom. The predicted molar refractivity (Wildman–Crippen MR) is 114 cm³/mol. The number of rotatable bonds is 9. The summed E-state index contributed by atoms with van der Waals surface area (Å²) in [6.07, 6.45) is 0.191. The highest BCUT2D eigenvalue weighted by molar-refractivity contribution is 6.42. The first-order valence-electron chi connectivity index (χ1n) is 8.43. The molecule has 0 saturated carbocycles. The Morgan fingerprint density at radius 3 is 2.26 bits per heavy atom. The van der Waals surface area contributed by atoms with E-state index in [9.17, 15) is 5.11 Å². The van der Waals surface area contributed by atoms with E-state index in [1.807, 2.05) is 24.3 Å². The van der Waals surface area contributed by atoms with Gasteiger partial charge in [-0.15, -0.1) is 12.4 Å². The first-order chi connectivity index (χ1) is 12.3. The van der Waals surface area contributed by atoms with Gasteiger partial charge in [-0.3, -0.25) is 0 Å². The van der Waals surface area contributed by atoms with Crippen molar-refractivity contribution in [1.82, 2.24) is 5.32 Å². The van der Waals surface area contributed by atoms with Crippen LogP contribution in [-0.4, -0.2) is 37.0 Å². The molecule has 2 N–H and O–H groups in total. The van der Waals surface area contributed by atoms with Crippen LogP contribution in [0.15, 0.2) is 42.5 Å². The normalized spacial score (nSPS) is 12.2. The molecular formula is C20H26Cl3NO3. The first-order valence-corrected chi connectivity index (χ1v) is 9.18. The standard InChI is InChI=1S/C20H25Cl2NO3.ClH/c1-20(2,11-14-4-6-16(25-3)7-5-14)23-12-15(24)13-26-17-8-9-18(21)19(22)10-17;/h4-10,15,23-24H,11-13H2,1-3H3;1H. The Morgan fingerprint density at radius 2 is 1.67 bits per heavy atom. The van der Waals surface area contributed by atoms with Gasteiger partial charge in [-0.1, -0.05) is 35.3 Å². The zero-order valence-electron chi connectivity index (χ0n) is 15.7. The van der Waals surface area contributed by atoms with Crippen molar-refractivity contribution in [1.29, 1.82) is 0 Å². The van der Waals surface area contributed by atoms with Crippen LogP contribution in [0, 0.1) is 0 Å². The van der Waals surface area contributed by atoms with E-state index in [1.165, 1.54) is 5.56 Å².